The first-order chi connectivity index (χ1) is 11.7. The fourth-order valence-electron chi connectivity index (χ4n) is 3.86. The summed E-state index contributed by atoms with van der Waals surface area (Å²) in [7, 11) is 0.0382. The summed E-state index contributed by atoms with van der Waals surface area (Å²) in [6, 6.07) is 21.9. The van der Waals surface area contributed by atoms with Crippen molar-refractivity contribution in [3.8, 4) is 11.1 Å². The van der Waals surface area contributed by atoms with Crippen LogP contribution in [-0.4, -0.2) is 8.80 Å². The Balaban J connectivity index is 1.49. The van der Waals surface area contributed by atoms with Crippen LogP contribution in [0, 0.1) is 5.92 Å². The normalized spacial score (nSPS) is 16.4. The van der Waals surface area contributed by atoms with Crippen molar-refractivity contribution in [2.24, 2.45) is 5.92 Å². The lowest BCUT2D eigenvalue weighted by atomic mass is 9.93. The van der Waals surface area contributed by atoms with Crippen LogP contribution in [-0.2, 0) is 6.42 Å². The molecule has 0 aliphatic carbocycles. The van der Waals surface area contributed by atoms with Crippen LogP contribution in [0.1, 0.15) is 38.2 Å². The van der Waals surface area contributed by atoms with Gasteiger partial charge in [0.25, 0.3) is 0 Å². The molecule has 0 spiro atoms. The van der Waals surface area contributed by atoms with Crippen LogP contribution in [0.5, 0.6) is 0 Å². The van der Waals surface area contributed by atoms with E-state index >= 15 is 0 Å². The van der Waals surface area contributed by atoms with Crippen LogP contribution in [0.15, 0.2) is 48.5 Å². The first-order valence-electron chi connectivity index (χ1n) is 9.43. The van der Waals surface area contributed by atoms with Crippen LogP contribution in [0.3, 0.4) is 0 Å². The second-order valence-corrected chi connectivity index (χ2v) is 10.6. The Bertz CT molecular complexity index is 609. The van der Waals surface area contributed by atoms with Crippen LogP contribution in [0.25, 0.3) is 11.1 Å². The zero-order chi connectivity index (χ0) is 16.8. The van der Waals surface area contributed by atoms with Crippen molar-refractivity contribution in [3.05, 3.63) is 59.1 Å². The van der Waals surface area contributed by atoms with Gasteiger partial charge in [-0.15, -0.1) is 0 Å². The molecule has 0 nitrogen and oxygen atoms in total. The minimum Gasteiger partial charge on any atom is -0.0843 e. The van der Waals surface area contributed by atoms with E-state index in [2.05, 4.69) is 43.3 Å². The quantitative estimate of drug-likeness (QED) is 0.478. The van der Waals surface area contributed by atoms with Crippen LogP contribution >= 0.6 is 11.6 Å². The molecule has 1 radical (unpaired) electrons. The Morgan fingerprint density at radius 1 is 0.917 bits per heavy atom. The average Bonchev–Trinajstić information content (AvgIpc) is 2.63. The molecule has 0 N–H and O–H groups in total. The van der Waals surface area contributed by atoms with Crippen molar-refractivity contribution < 1.29 is 0 Å². The lowest BCUT2D eigenvalue weighted by Gasteiger charge is -2.27. The summed E-state index contributed by atoms with van der Waals surface area (Å²) >= 11 is 5.97. The number of hydrogen-bond acceptors (Lipinski definition) is 0. The largest absolute Gasteiger partial charge is 0.0843 e. The topological polar surface area (TPSA) is 0 Å². The van der Waals surface area contributed by atoms with Crippen molar-refractivity contribution >= 4 is 20.4 Å². The third-order valence-corrected chi connectivity index (χ3v) is 8.84. The average molecular weight is 356 g/mol. The van der Waals surface area contributed by atoms with Crippen LogP contribution in [0.4, 0.5) is 0 Å². The molecule has 2 heteroatoms. The molecule has 1 saturated heterocycles. The fraction of sp³-hybridized carbons (Fsp3) is 0.455. The smallest absolute Gasteiger partial charge is 0.0479 e. The number of benzene rings is 2. The first kappa shape index (κ1) is 17.8. The van der Waals surface area contributed by atoms with Gasteiger partial charge in [0.2, 0.25) is 0 Å². The highest BCUT2D eigenvalue weighted by atomic mass is 35.5. The van der Waals surface area contributed by atoms with Gasteiger partial charge in [0.1, 0.15) is 0 Å². The predicted octanol–water partition coefficient (Wildman–Crippen LogP) is 7.25. The summed E-state index contributed by atoms with van der Waals surface area (Å²) in [6.45, 7) is 2.34. The van der Waals surface area contributed by atoms with E-state index in [4.69, 9.17) is 11.6 Å². The summed E-state index contributed by atoms with van der Waals surface area (Å²) in [5.41, 5.74) is 4.00. The standard InChI is InChI=1S/C22H28ClSi/c1-2-15-24-16-13-19(14-17-24)4-3-18-5-7-20(8-6-18)21-9-11-22(23)12-10-21/h5-12,19H,2-4,13-17H2,1H3. The lowest BCUT2D eigenvalue weighted by Crippen LogP contribution is -2.21. The zero-order valence-corrected chi connectivity index (χ0v) is 16.5. The van der Waals surface area contributed by atoms with Crippen molar-refractivity contribution in [1.29, 1.82) is 0 Å². The highest BCUT2D eigenvalue weighted by Crippen LogP contribution is 2.31. The molecule has 1 aliphatic rings. The molecule has 127 valence electrons. The molecule has 2 aromatic carbocycles. The van der Waals surface area contributed by atoms with E-state index in [-0.39, 0.29) is 8.80 Å². The van der Waals surface area contributed by atoms with Crippen LogP contribution < -0.4 is 0 Å². The predicted molar refractivity (Wildman–Crippen MR) is 108 cm³/mol. The van der Waals surface area contributed by atoms with E-state index in [0.717, 1.165) is 10.9 Å². The monoisotopic (exact) mass is 355 g/mol. The van der Waals surface area contributed by atoms with E-state index in [1.165, 1.54) is 48.8 Å². The van der Waals surface area contributed by atoms with E-state index < -0.39 is 0 Å². The van der Waals surface area contributed by atoms with E-state index in [0.29, 0.717) is 0 Å². The zero-order valence-electron chi connectivity index (χ0n) is 14.7. The molecular weight excluding hydrogens is 328 g/mol. The van der Waals surface area contributed by atoms with Gasteiger partial charge in [0.05, 0.1) is 0 Å². The molecular formula is C22H28ClSi. The highest BCUT2D eigenvalue weighted by molar-refractivity contribution is 6.58. The maximum absolute atomic E-state index is 5.97. The van der Waals surface area contributed by atoms with Crippen LogP contribution in [0.2, 0.25) is 23.2 Å². The van der Waals surface area contributed by atoms with E-state index in [9.17, 15) is 0 Å². The molecule has 1 fully saturated rings. The minimum absolute atomic E-state index is 0.0382. The molecule has 24 heavy (non-hydrogen) atoms. The van der Waals surface area contributed by atoms with Gasteiger partial charge in [-0.1, -0.05) is 92.3 Å². The van der Waals surface area contributed by atoms with E-state index in [1.807, 2.05) is 12.1 Å². The van der Waals surface area contributed by atoms with Gasteiger partial charge >= 0.3 is 0 Å². The van der Waals surface area contributed by atoms with Gasteiger partial charge in [-0.05, 0) is 47.6 Å². The molecule has 0 saturated carbocycles. The van der Waals surface area contributed by atoms with Crippen molar-refractivity contribution in [3.63, 3.8) is 0 Å². The Hall–Kier alpha value is -1.05. The molecule has 0 bridgehead atoms. The number of halogens is 1. The molecule has 0 atom stereocenters. The molecule has 1 heterocycles. The summed E-state index contributed by atoms with van der Waals surface area (Å²) < 4.78 is 0. The Morgan fingerprint density at radius 3 is 2.08 bits per heavy atom. The van der Waals surface area contributed by atoms with Crippen molar-refractivity contribution in [1.82, 2.24) is 0 Å². The van der Waals surface area contributed by atoms with Gasteiger partial charge in [0.15, 0.2) is 0 Å². The summed E-state index contributed by atoms with van der Waals surface area (Å²) in [5, 5.41) is 0.797. The number of rotatable bonds is 6. The van der Waals surface area contributed by atoms with E-state index in [1.54, 1.807) is 18.1 Å². The van der Waals surface area contributed by atoms with Gasteiger partial charge in [0, 0.05) is 13.8 Å². The van der Waals surface area contributed by atoms with Crippen molar-refractivity contribution in [2.45, 2.75) is 57.2 Å². The third kappa shape index (κ3) is 4.97. The molecule has 0 aromatic heterocycles. The second-order valence-electron chi connectivity index (χ2n) is 7.19. The van der Waals surface area contributed by atoms with Gasteiger partial charge in [-0.25, -0.2) is 0 Å². The fourth-order valence-corrected chi connectivity index (χ4v) is 7.07. The Kier molecular flexibility index (Phi) is 6.56. The summed E-state index contributed by atoms with van der Waals surface area (Å²) in [5.74, 6) is 0.978. The van der Waals surface area contributed by atoms with Gasteiger partial charge in [-0.3, -0.25) is 0 Å². The SMILES string of the molecule is CCC[Si]1CCC(CCc2ccc(-c3ccc(Cl)cc3)cc2)CC1. The molecule has 1 aliphatic heterocycles. The number of aryl methyl sites for hydroxylation is 1. The molecule has 3 rings (SSSR count). The maximum atomic E-state index is 5.97. The first-order valence-corrected chi connectivity index (χ1v) is 11.9. The molecule has 2 aromatic rings. The summed E-state index contributed by atoms with van der Waals surface area (Å²) in [6.07, 6.45) is 7.01. The van der Waals surface area contributed by atoms with Crippen molar-refractivity contribution in [2.75, 3.05) is 0 Å². The minimum atomic E-state index is 0.0382. The third-order valence-electron chi connectivity index (χ3n) is 5.39. The Morgan fingerprint density at radius 2 is 1.50 bits per heavy atom. The summed E-state index contributed by atoms with van der Waals surface area (Å²) in [4.78, 5) is 0. The second kappa shape index (κ2) is 8.87. The maximum Gasteiger partial charge on any atom is 0.0479 e. The molecule has 0 amide bonds. The number of hydrogen-bond donors (Lipinski definition) is 0. The van der Waals surface area contributed by atoms with Gasteiger partial charge in [-0.2, -0.15) is 0 Å². The van der Waals surface area contributed by atoms with Gasteiger partial charge < -0.3 is 0 Å². The molecule has 0 unspecified atom stereocenters. The highest BCUT2D eigenvalue weighted by Gasteiger charge is 2.21. The lowest BCUT2D eigenvalue weighted by molar-refractivity contribution is 0.437. The Labute approximate surface area is 153 Å².